The maximum Gasteiger partial charge on any atom is 0.0914 e. The standard InChI is InChI=1S/C14H19N3O/c1-3-17-11(6-10(2)16-17)7-14(9-15)8-12-4-5-13(14)18-12/h6,12-13H,3-5,7-8H2,1-2H3. The van der Waals surface area contributed by atoms with E-state index >= 15 is 0 Å². The largest absolute Gasteiger partial charge is 0.373 e. The minimum Gasteiger partial charge on any atom is -0.373 e. The first-order valence-corrected chi connectivity index (χ1v) is 6.77. The summed E-state index contributed by atoms with van der Waals surface area (Å²) in [6.07, 6.45) is 4.28. The van der Waals surface area contributed by atoms with Gasteiger partial charge < -0.3 is 4.74 Å². The van der Waals surface area contributed by atoms with E-state index in [0.717, 1.165) is 37.9 Å². The van der Waals surface area contributed by atoms with Crippen LogP contribution >= 0.6 is 0 Å². The van der Waals surface area contributed by atoms with E-state index in [0.29, 0.717) is 6.10 Å². The summed E-state index contributed by atoms with van der Waals surface area (Å²) >= 11 is 0. The van der Waals surface area contributed by atoms with Crippen LogP contribution in [0.25, 0.3) is 0 Å². The zero-order valence-corrected chi connectivity index (χ0v) is 11.0. The number of rotatable bonds is 3. The molecular formula is C14H19N3O. The summed E-state index contributed by atoms with van der Waals surface area (Å²) in [4.78, 5) is 0. The fourth-order valence-corrected chi connectivity index (χ4v) is 3.48. The van der Waals surface area contributed by atoms with Gasteiger partial charge in [-0.3, -0.25) is 4.68 Å². The molecule has 3 heterocycles. The topological polar surface area (TPSA) is 50.8 Å². The van der Waals surface area contributed by atoms with E-state index in [1.165, 1.54) is 5.69 Å². The maximum atomic E-state index is 9.61. The Morgan fingerprint density at radius 3 is 3.00 bits per heavy atom. The molecule has 3 rings (SSSR count). The molecule has 18 heavy (non-hydrogen) atoms. The summed E-state index contributed by atoms with van der Waals surface area (Å²) in [6.45, 7) is 4.96. The molecule has 1 aromatic rings. The SMILES string of the molecule is CCn1nc(C)cc1CC1(C#N)CC2CCC1O2. The summed E-state index contributed by atoms with van der Waals surface area (Å²) in [7, 11) is 0. The van der Waals surface area contributed by atoms with E-state index < -0.39 is 0 Å². The molecule has 96 valence electrons. The number of ether oxygens (including phenoxy) is 1. The molecule has 3 unspecified atom stereocenters. The van der Waals surface area contributed by atoms with Crippen molar-refractivity contribution in [2.24, 2.45) is 5.41 Å². The van der Waals surface area contributed by atoms with Crippen LogP contribution in [0.3, 0.4) is 0 Å². The smallest absolute Gasteiger partial charge is 0.0914 e. The van der Waals surface area contributed by atoms with Gasteiger partial charge in [0.15, 0.2) is 0 Å². The van der Waals surface area contributed by atoms with E-state index in [2.05, 4.69) is 24.2 Å². The number of fused-ring (bicyclic) bond motifs is 2. The Labute approximate surface area is 108 Å². The van der Waals surface area contributed by atoms with Gasteiger partial charge in [0.25, 0.3) is 0 Å². The number of nitrogens with zero attached hydrogens (tertiary/aromatic N) is 3. The zero-order valence-electron chi connectivity index (χ0n) is 11.0. The highest BCUT2D eigenvalue weighted by Crippen LogP contribution is 2.49. The van der Waals surface area contributed by atoms with Crippen molar-refractivity contribution in [2.45, 2.75) is 58.3 Å². The average Bonchev–Trinajstić information content (AvgIpc) is 3.03. The molecule has 2 saturated heterocycles. The summed E-state index contributed by atoms with van der Waals surface area (Å²) < 4.78 is 7.89. The third-order valence-electron chi connectivity index (χ3n) is 4.32. The Hall–Kier alpha value is -1.34. The minimum atomic E-state index is -0.317. The lowest BCUT2D eigenvalue weighted by Crippen LogP contribution is -2.34. The van der Waals surface area contributed by atoms with Gasteiger partial charge in [0.05, 0.1) is 29.4 Å². The number of hydrogen-bond donors (Lipinski definition) is 0. The molecule has 3 atom stereocenters. The quantitative estimate of drug-likeness (QED) is 0.820. The molecule has 0 aliphatic carbocycles. The first-order chi connectivity index (χ1) is 8.66. The first-order valence-electron chi connectivity index (χ1n) is 6.77. The lowest BCUT2D eigenvalue weighted by molar-refractivity contribution is 0.0782. The predicted octanol–water partition coefficient (Wildman–Crippen LogP) is 2.22. The van der Waals surface area contributed by atoms with E-state index in [-0.39, 0.29) is 11.5 Å². The van der Waals surface area contributed by atoms with Gasteiger partial charge >= 0.3 is 0 Å². The molecule has 0 N–H and O–H groups in total. The third-order valence-corrected chi connectivity index (χ3v) is 4.32. The van der Waals surface area contributed by atoms with Crippen LogP contribution < -0.4 is 0 Å². The summed E-state index contributed by atoms with van der Waals surface area (Å²) in [5, 5.41) is 14.1. The van der Waals surface area contributed by atoms with Crippen molar-refractivity contribution in [1.29, 1.82) is 5.26 Å². The fraction of sp³-hybridized carbons (Fsp3) is 0.714. The molecule has 2 fully saturated rings. The van der Waals surface area contributed by atoms with E-state index in [4.69, 9.17) is 4.74 Å². The Bertz CT molecular complexity index is 502. The van der Waals surface area contributed by atoms with Crippen molar-refractivity contribution < 1.29 is 4.74 Å². The molecule has 4 nitrogen and oxygen atoms in total. The van der Waals surface area contributed by atoms with Crippen LogP contribution in [0.1, 0.15) is 37.6 Å². The van der Waals surface area contributed by atoms with Gasteiger partial charge in [0.1, 0.15) is 0 Å². The van der Waals surface area contributed by atoms with Crippen molar-refractivity contribution in [2.75, 3.05) is 0 Å². The van der Waals surface area contributed by atoms with Gasteiger partial charge in [-0.2, -0.15) is 10.4 Å². The van der Waals surface area contributed by atoms with Crippen LogP contribution in [0.2, 0.25) is 0 Å². The molecule has 0 saturated carbocycles. The Morgan fingerprint density at radius 2 is 2.44 bits per heavy atom. The average molecular weight is 245 g/mol. The van der Waals surface area contributed by atoms with Gasteiger partial charge in [-0.15, -0.1) is 0 Å². The first kappa shape index (κ1) is 11.7. The van der Waals surface area contributed by atoms with Gasteiger partial charge in [-0.1, -0.05) is 0 Å². The lowest BCUT2D eigenvalue weighted by atomic mass is 9.72. The molecule has 1 aromatic heterocycles. The molecule has 0 aromatic carbocycles. The van der Waals surface area contributed by atoms with Gasteiger partial charge in [-0.05, 0) is 39.2 Å². The van der Waals surface area contributed by atoms with Crippen molar-refractivity contribution in [1.82, 2.24) is 9.78 Å². The zero-order chi connectivity index (χ0) is 12.8. The van der Waals surface area contributed by atoms with E-state index in [1.807, 2.05) is 11.6 Å². The molecule has 2 aliphatic heterocycles. The molecule has 0 spiro atoms. The summed E-state index contributed by atoms with van der Waals surface area (Å²) in [5.41, 5.74) is 1.89. The van der Waals surface area contributed by atoms with Crippen molar-refractivity contribution >= 4 is 0 Å². The lowest BCUT2D eigenvalue weighted by Gasteiger charge is -2.28. The van der Waals surface area contributed by atoms with Crippen LogP contribution in [0.15, 0.2) is 6.07 Å². The number of nitriles is 1. The van der Waals surface area contributed by atoms with E-state index in [1.54, 1.807) is 0 Å². The second kappa shape index (κ2) is 4.10. The normalized spacial score (nSPS) is 33.8. The van der Waals surface area contributed by atoms with Crippen LogP contribution in [-0.4, -0.2) is 22.0 Å². The van der Waals surface area contributed by atoms with E-state index in [9.17, 15) is 5.26 Å². The van der Waals surface area contributed by atoms with Gasteiger partial charge in [0.2, 0.25) is 0 Å². The van der Waals surface area contributed by atoms with Crippen LogP contribution in [0.5, 0.6) is 0 Å². The molecule has 0 amide bonds. The van der Waals surface area contributed by atoms with Gasteiger partial charge in [0, 0.05) is 18.7 Å². The molecule has 4 heteroatoms. The molecular weight excluding hydrogens is 226 g/mol. The van der Waals surface area contributed by atoms with Crippen LogP contribution in [-0.2, 0) is 17.7 Å². The highest BCUT2D eigenvalue weighted by atomic mass is 16.5. The van der Waals surface area contributed by atoms with Crippen molar-refractivity contribution in [3.63, 3.8) is 0 Å². The summed E-state index contributed by atoms with van der Waals surface area (Å²) in [6, 6.07) is 4.66. The van der Waals surface area contributed by atoms with Gasteiger partial charge in [-0.25, -0.2) is 0 Å². The number of aromatic nitrogens is 2. The monoisotopic (exact) mass is 245 g/mol. The highest BCUT2D eigenvalue weighted by molar-refractivity contribution is 5.20. The maximum absolute atomic E-state index is 9.61. The highest BCUT2D eigenvalue weighted by Gasteiger charge is 2.53. The Kier molecular flexibility index (Phi) is 2.67. The number of hydrogen-bond acceptors (Lipinski definition) is 3. The predicted molar refractivity (Wildman–Crippen MR) is 66.9 cm³/mol. The molecule has 0 radical (unpaired) electrons. The number of aryl methyl sites for hydroxylation is 2. The molecule has 2 bridgehead atoms. The van der Waals surface area contributed by atoms with Crippen LogP contribution in [0, 0.1) is 23.7 Å². The third kappa shape index (κ3) is 1.65. The minimum absolute atomic E-state index is 0.132. The second-order valence-corrected chi connectivity index (χ2v) is 5.57. The Morgan fingerprint density at radius 1 is 1.61 bits per heavy atom. The van der Waals surface area contributed by atoms with Crippen molar-refractivity contribution in [3.05, 3.63) is 17.5 Å². The Balaban J connectivity index is 1.89. The fourth-order valence-electron chi connectivity index (χ4n) is 3.48. The van der Waals surface area contributed by atoms with Crippen LogP contribution in [0.4, 0.5) is 0 Å². The molecule has 2 aliphatic rings. The summed E-state index contributed by atoms with van der Waals surface area (Å²) in [5.74, 6) is 0. The second-order valence-electron chi connectivity index (χ2n) is 5.57. The van der Waals surface area contributed by atoms with Crippen molar-refractivity contribution in [3.8, 4) is 6.07 Å².